The molecule has 6 aromatic carbocycles. The van der Waals surface area contributed by atoms with Gasteiger partial charge in [0, 0.05) is 21.2 Å². The molecule has 0 aliphatic carbocycles. The molecule has 0 aromatic heterocycles. The molecule has 2 aliphatic heterocycles. The van der Waals surface area contributed by atoms with Crippen LogP contribution in [-0.4, -0.2) is 11.8 Å². The van der Waals surface area contributed by atoms with Gasteiger partial charge < -0.3 is 0 Å². The van der Waals surface area contributed by atoms with Crippen molar-refractivity contribution in [2.75, 3.05) is 9.80 Å². The fourth-order valence-corrected chi connectivity index (χ4v) is 8.72. The first-order chi connectivity index (χ1) is 24.3. The van der Waals surface area contributed by atoms with Gasteiger partial charge in [0.2, 0.25) is 0 Å². The number of nitrogens with zero attached hydrogens (tertiary/aromatic N) is 2. The Morgan fingerprint density at radius 2 is 0.700 bits per heavy atom. The molecular formula is C44H38N2O2S2. The molecule has 248 valence electrons. The second-order valence-electron chi connectivity index (χ2n) is 12.8. The van der Waals surface area contributed by atoms with Gasteiger partial charge in [0.1, 0.15) is 10.7 Å². The average Bonchev–Trinajstić information content (AvgIpc) is 3.14. The lowest BCUT2D eigenvalue weighted by Crippen LogP contribution is -2.36. The molecule has 2 amide bonds. The van der Waals surface area contributed by atoms with Crippen LogP contribution in [0.4, 0.5) is 11.4 Å². The second-order valence-corrected chi connectivity index (χ2v) is 15.0. The monoisotopic (exact) mass is 690 g/mol. The van der Waals surface area contributed by atoms with Crippen molar-refractivity contribution >= 4 is 46.7 Å². The highest BCUT2D eigenvalue weighted by Gasteiger charge is 2.36. The largest absolute Gasteiger partial charge is 0.291 e. The van der Waals surface area contributed by atoms with E-state index < -0.39 is 0 Å². The molecule has 0 saturated heterocycles. The van der Waals surface area contributed by atoms with Crippen molar-refractivity contribution < 1.29 is 9.59 Å². The van der Waals surface area contributed by atoms with E-state index in [1.165, 1.54) is 22.3 Å². The topological polar surface area (TPSA) is 40.6 Å². The van der Waals surface area contributed by atoms with E-state index in [1.54, 1.807) is 23.5 Å². The molecular weight excluding hydrogens is 653 g/mol. The van der Waals surface area contributed by atoms with Gasteiger partial charge >= 0.3 is 0 Å². The fraction of sp³-hybridized carbons (Fsp3) is 0.136. The minimum atomic E-state index is -0.0642. The highest BCUT2D eigenvalue weighted by atomic mass is 32.2. The standard InChI is InChI=1S/2C22H19NOS/c2*1-15-7-11-17(12-8-15)22-23(18-13-9-16(2)10-14-18)21(24)19-5-3-4-6-20(19)25-22/h2*3-14,22H,1-2H3/t2*22-/m10/s1. The molecule has 0 saturated carbocycles. The lowest BCUT2D eigenvalue weighted by Gasteiger charge is -2.36. The maximum Gasteiger partial charge on any atom is 0.260 e. The third-order valence-corrected chi connectivity index (χ3v) is 11.6. The Morgan fingerprint density at radius 3 is 1.04 bits per heavy atom. The third kappa shape index (κ3) is 6.87. The normalized spacial score (nSPS) is 16.6. The molecule has 0 spiro atoms. The highest BCUT2D eigenvalue weighted by molar-refractivity contribution is 8.00. The quantitative estimate of drug-likeness (QED) is 0.185. The van der Waals surface area contributed by atoms with Gasteiger partial charge in [-0.2, -0.15) is 0 Å². The summed E-state index contributed by atoms with van der Waals surface area (Å²) in [5.74, 6) is 0.118. The predicted molar refractivity (Wildman–Crippen MR) is 208 cm³/mol. The number of anilines is 2. The summed E-state index contributed by atoms with van der Waals surface area (Å²) in [6.07, 6.45) is 0. The van der Waals surface area contributed by atoms with E-state index >= 15 is 0 Å². The molecule has 6 aromatic rings. The first-order valence-corrected chi connectivity index (χ1v) is 18.5. The molecule has 0 radical (unpaired) electrons. The van der Waals surface area contributed by atoms with Crippen molar-refractivity contribution in [1.29, 1.82) is 0 Å². The van der Waals surface area contributed by atoms with Gasteiger partial charge in [-0.1, -0.05) is 143 Å². The zero-order chi connectivity index (χ0) is 34.8. The van der Waals surface area contributed by atoms with Crippen molar-refractivity contribution in [2.45, 2.75) is 48.2 Å². The summed E-state index contributed by atoms with van der Waals surface area (Å²) >= 11 is 3.46. The Hall–Kier alpha value is -5.04. The first-order valence-electron chi connectivity index (χ1n) is 16.7. The second kappa shape index (κ2) is 14.4. The lowest BCUT2D eigenvalue weighted by molar-refractivity contribution is 0.0971. The molecule has 0 bridgehead atoms. The Morgan fingerprint density at radius 1 is 0.400 bits per heavy atom. The van der Waals surface area contributed by atoms with Crippen molar-refractivity contribution in [3.05, 3.63) is 190 Å². The molecule has 0 N–H and O–H groups in total. The number of rotatable bonds is 4. The maximum absolute atomic E-state index is 13.3. The molecule has 6 heteroatoms. The molecule has 2 atom stereocenters. The van der Waals surface area contributed by atoms with Crippen molar-refractivity contribution in [3.8, 4) is 0 Å². The van der Waals surface area contributed by atoms with Crippen LogP contribution in [0, 0.1) is 27.7 Å². The molecule has 50 heavy (non-hydrogen) atoms. The van der Waals surface area contributed by atoms with Crippen LogP contribution in [0.2, 0.25) is 0 Å². The van der Waals surface area contributed by atoms with E-state index in [-0.39, 0.29) is 22.6 Å². The summed E-state index contributed by atoms with van der Waals surface area (Å²) in [5, 5.41) is -0.128. The van der Waals surface area contributed by atoms with Crippen LogP contribution in [0.15, 0.2) is 155 Å². The van der Waals surface area contributed by atoms with Crippen LogP contribution in [0.3, 0.4) is 0 Å². The van der Waals surface area contributed by atoms with Gasteiger partial charge in [0.25, 0.3) is 11.8 Å². The van der Waals surface area contributed by atoms with Gasteiger partial charge in [-0.3, -0.25) is 19.4 Å². The van der Waals surface area contributed by atoms with Crippen LogP contribution < -0.4 is 9.80 Å². The lowest BCUT2D eigenvalue weighted by atomic mass is 10.1. The zero-order valence-corrected chi connectivity index (χ0v) is 30.2. The Bertz CT molecular complexity index is 1990. The minimum absolute atomic E-state index is 0.0591. The molecule has 2 aliphatic rings. The number of hydrogen-bond donors (Lipinski definition) is 0. The number of benzene rings is 6. The number of carbonyl (C=O) groups excluding carboxylic acids is 2. The fourth-order valence-electron chi connectivity index (χ4n) is 6.12. The van der Waals surface area contributed by atoms with E-state index in [9.17, 15) is 9.59 Å². The Balaban J connectivity index is 0.000000157. The molecule has 4 nitrogen and oxygen atoms in total. The van der Waals surface area contributed by atoms with Gasteiger partial charge in [0.15, 0.2) is 0 Å². The summed E-state index contributed by atoms with van der Waals surface area (Å²) in [7, 11) is 0. The van der Waals surface area contributed by atoms with Gasteiger partial charge in [0.05, 0.1) is 11.1 Å². The smallest absolute Gasteiger partial charge is 0.260 e. The third-order valence-electron chi connectivity index (χ3n) is 8.97. The minimum Gasteiger partial charge on any atom is -0.291 e. The average molecular weight is 691 g/mol. The maximum atomic E-state index is 13.3. The number of carbonyl (C=O) groups is 2. The summed E-state index contributed by atoms with van der Waals surface area (Å²) in [6, 6.07) is 49.0. The van der Waals surface area contributed by atoms with Crippen LogP contribution in [0.25, 0.3) is 0 Å². The summed E-state index contributed by atoms with van der Waals surface area (Å²) in [4.78, 5) is 32.4. The van der Waals surface area contributed by atoms with Gasteiger partial charge in [-0.25, -0.2) is 0 Å². The molecule has 0 unspecified atom stereocenters. The van der Waals surface area contributed by atoms with Crippen molar-refractivity contribution in [1.82, 2.24) is 0 Å². The molecule has 0 fully saturated rings. The number of aryl methyl sites for hydroxylation is 4. The van der Waals surface area contributed by atoms with E-state index in [1.807, 2.05) is 82.6 Å². The molecule has 8 rings (SSSR count). The van der Waals surface area contributed by atoms with Crippen LogP contribution in [-0.2, 0) is 0 Å². The summed E-state index contributed by atoms with van der Waals surface area (Å²) in [5.41, 5.74) is 10.5. The van der Waals surface area contributed by atoms with E-state index in [4.69, 9.17) is 0 Å². The Kier molecular flexibility index (Phi) is 9.66. The molecule has 2 heterocycles. The van der Waals surface area contributed by atoms with E-state index in [0.717, 1.165) is 43.4 Å². The number of fused-ring (bicyclic) bond motifs is 2. The predicted octanol–water partition coefficient (Wildman–Crippen LogP) is 11.5. The number of hydrogen-bond acceptors (Lipinski definition) is 4. The first kappa shape index (κ1) is 33.5. The van der Waals surface area contributed by atoms with E-state index in [2.05, 4.69) is 100 Å². The van der Waals surface area contributed by atoms with Crippen molar-refractivity contribution in [2.24, 2.45) is 0 Å². The van der Waals surface area contributed by atoms with Crippen molar-refractivity contribution in [3.63, 3.8) is 0 Å². The van der Waals surface area contributed by atoms with Crippen LogP contribution >= 0.6 is 23.5 Å². The summed E-state index contributed by atoms with van der Waals surface area (Å²) in [6.45, 7) is 8.28. The van der Waals surface area contributed by atoms with Crippen LogP contribution in [0.5, 0.6) is 0 Å². The van der Waals surface area contributed by atoms with Gasteiger partial charge in [-0.05, 0) is 87.4 Å². The highest BCUT2D eigenvalue weighted by Crippen LogP contribution is 2.48. The van der Waals surface area contributed by atoms with Gasteiger partial charge in [-0.15, -0.1) is 0 Å². The number of amides is 2. The Labute approximate surface area is 303 Å². The van der Waals surface area contributed by atoms with Crippen LogP contribution in [0.1, 0.15) is 64.8 Å². The summed E-state index contributed by atoms with van der Waals surface area (Å²) < 4.78 is 0. The van der Waals surface area contributed by atoms with E-state index in [0.29, 0.717) is 0 Å². The zero-order valence-electron chi connectivity index (χ0n) is 28.5. The number of thioether (sulfide) groups is 2. The SMILES string of the molecule is Cc1ccc([C@@H]2Sc3ccccc3C(=O)N2c2ccc(C)cc2)cc1.Cc1ccc([C@H]2Sc3ccccc3C(=O)N2c2ccc(C)cc2)cc1.